The van der Waals surface area contributed by atoms with Crippen LogP contribution in [0.25, 0.3) is 11.6 Å². The van der Waals surface area contributed by atoms with Gasteiger partial charge in [0, 0.05) is 0 Å². The van der Waals surface area contributed by atoms with Gasteiger partial charge in [-0.3, -0.25) is 0 Å². The highest BCUT2D eigenvalue weighted by Crippen LogP contribution is 2.15. The maximum Gasteiger partial charge on any atom is -0.0227 e. The summed E-state index contributed by atoms with van der Waals surface area (Å²) in [6.07, 6.45) is 6.40. The van der Waals surface area contributed by atoms with Crippen LogP contribution in [0.4, 0.5) is 0 Å². The number of aryl methyl sites for hydroxylation is 2. The van der Waals surface area contributed by atoms with E-state index in [1.54, 1.807) is 0 Å². The minimum Gasteiger partial charge on any atom is -0.0614 e. The summed E-state index contributed by atoms with van der Waals surface area (Å²) in [5, 5.41) is 0. The highest BCUT2D eigenvalue weighted by molar-refractivity contribution is 5.67. The van der Waals surface area contributed by atoms with Crippen LogP contribution in [0.15, 0.2) is 60.7 Å². The summed E-state index contributed by atoms with van der Waals surface area (Å²) in [4.78, 5) is 0. The Hall–Kier alpha value is -2.08. The normalized spacial score (nSPS) is 12.1. The molecule has 0 N–H and O–H groups in total. The molecule has 19 heavy (non-hydrogen) atoms. The number of hydrogen-bond acceptors (Lipinski definition) is 0. The molecule has 0 amide bonds. The second kappa shape index (κ2) is 6.19. The number of rotatable bonds is 3. The van der Waals surface area contributed by atoms with Crippen molar-refractivity contribution in [1.29, 1.82) is 0 Å². The third-order valence-electron chi connectivity index (χ3n) is 3.22. The molecule has 0 saturated carbocycles. The van der Waals surface area contributed by atoms with E-state index in [4.69, 9.17) is 0 Å². The summed E-state index contributed by atoms with van der Waals surface area (Å²) in [5.41, 5.74) is 6.39. The van der Waals surface area contributed by atoms with Gasteiger partial charge >= 0.3 is 0 Å². The molecule has 0 bridgehead atoms. The van der Waals surface area contributed by atoms with E-state index in [2.05, 4.69) is 87.5 Å². The molecule has 96 valence electrons. The van der Waals surface area contributed by atoms with E-state index in [-0.39, 0.29) is 0 Å². The maximum atomic E-state index is 2.17. The SMILES string of the molecule is CC(=CC=Cc1ccc(C)cc1)c1ccc(C)cc1. The standard InChI is InChI=1S/C19H20/c1-15-7-11-18(12-8-15)6-4-5-17(3)19-13-9-16(2)10-14-19/h4-14H,1-3H3. The van der Waals surface area contributed by atoms with Gasteiger partial charge < -0.3 is 0 Å². The predicted octanol–water partition coefficient (Wildman–Crippen LogP) is 5.42. The van der Waals surface area contributed by atoms with Crippen molar-refractivity contribution in [2.24, 2.45) is 0 Å². The molecule has 2 aromatic carbocycles. The first-order valence-corrected chi connectivity index (χ1v) is 6.64. The third-order valence-corrected chi connectivity index (χ3v) is 3.22. The fourth-order valence-electron chi connectivity index (χ4n) is 1.89. The van der Waals surface area contributed by atoms with Gasteiger partial charge in [0.1, 0.15) is 0 Å². The van der Waals surface area contributed by atoms with Crippen molar-refractivity contribution in [3.05, 3.63) is 82.9 Å². The molecule has 0 fully saturated rings. The average Bonchev–Trinajstić information content (AvgIpc) is 2.41. The molecule has 0 aliphatic carbocycles. The molecule has 0 aliphatic heterocycles. The van der Waals surface area contributed by atoms with Gasteiger partial charge in [-0.15, -0.1) is 0 Å². The second-order valence-electron chi connectivity index (χ2n) is 4.99. The van der Waals surface area contributed by atoms with Gasteiger partial charge in [0.25, 0.3) is 0 Å². The number of hydrogen-bond donors (Lipinski definition) is 0. The van der Waals surface area contributed by atoms with Crippen LogP contribution in [0.3, 0.4) is 0 Å². The van der Waals surface area contributed by atoms with Crippen LogP contribution < -0.4 is 0 Å². The Labute approximate surface area is 116 Å². The molecule has 0 unspecified atom stereocenters. The third kappa shape index (κ3) is 3.96. The molecule has 0 spiro atoms. The quantitative estimate of drug-likeness (QED) is 0.636. The maximum absolute atomic E-state index is 2.17. The first-order chi connectivity index (χ1) is 9.15. The van der Waals surface area contributed by atoms with Gasteiger partial charge in [0.05, 0.1) is 0 Å². The number of allylic oxidation sites excluding steroid dienone is 3. The first-order valence-electron chi connectivity index (χ1n) is 6.64. The summed E-state index contributed by atoms with van der Waals surface area (Å²) >= 11 is 0. The second-order valence-corrected chi connectivity index (χ2v) is 4.99. The summed E-state index contributed by atoms with van der Waals surface area (Å²) in [5.74, 6) is 0. The minimum atomic E-state index is 1.23. The van der Waals surface area contributed by atoms with Crippen LogP contribution in [-0.2, 0) is 0 Å². The molecule has 2 aromatic rings. The molecule has 0 radical (unpaired) electrons. The van der Waals surface area contributed by atoms with E-state index in [1.807, 2.05) is 0 Å². The fraction of sp³-hybridized carbons (Fsp3) is 0.158. The van der Waals surface area contributed by atoms with Crippen LogP contribution in [0.5, 0.6) is 0 Å². The molecule has 0 aliphatic rings. The Morgan fingerprint density at radius 3 is 1.89 bits per heavy atom. The summed E-state index contributed by atoms with van der Waals surface area (Å²) in [6, 6.07) is 17.2. The van der Waals surface area contributed by atoms with Gasteiger partial charge in [-0.05, 0) is 37.5 Å². The lowest BCUT2D eigenvalue weighted by atomic mass is 10.1. The smallest absolute Gasteiger partial charge is 0.0227 e. The average molecular weight is 248 g/mol. The summed E-state index contributed by atoms with van der Waals surface area (Å²) < 4.78 is 0. The lowest BCUT2D eigenvalue weighted by Crippen LogP contribution is -1.79. The van der Waals surface area contributed by atoms with Crippen molar-refractivity contribution < 1.29 is 0 Å². The molecular formula is C19H20. The van der Waals surface area contributed by atoms with Crippen molar-refractivity contribution in [3.8, 4) is 0 Å². The van der Waals surface area contributed by atoms with E-state index in [9.17, 15) is 0 Å². The van der Waals surface area contributed by atoms with Gasteiger partial charge in [-0.2, -0.15) is 0 Å². The zero-order valence-electron chi connectivity index (χ0n) is 11.9. The Kier molecular flexibility index (Phi) is 4.35. The largest absolute Gasteiger partial charge is 0.0614 e. The molecule has 0 saturated heterocycles. The predicted molar refractivity (Wildman–Crippen MR) is 85.0 cm³/mol. The topological polar surface area (TPSA) is 0 Å². The van der Waals surface area contributed by atoms with Crippen molar-refractivity contribution in [2.75, 3.05) is 0 Å². The highest BCUT2D eigenvalue weighted by atomic mass is 14.0. The lowest BCUT2D eigenvalue weighted by Gasteiger charge is -2.00. The van der Waals surface area contributed by atoms with Crippen LogP contribution in [-0.4, -0.2) is 0 Å². The van der Waals surface area contributed by atoms with Gasteiger partial charge in [0.15, 0.2) is 0 Å². The Bertz CT molecular complexity index is 581. The van der Waals surface area contributed by atoms with E-state index in [1.165, 1.54) is 27.8 Å². The highest BCUT2D eigenvalue weighted by Gasteiger charge is 1.93. The van der Waals surface area contributed by atoms with Gasteiger partial charge in [-0.25, -0.2) is 0 Å². The molecule has 2 rings (SSSR count). The Morgan fingerprint density at radius 2 is 1.32 bits per heavy atom. The van der Waals surface area contributed by atoms with Crippen molar-refractivity contribution in [1.82, 2.24) is 0 Å². The molecule has 0 atom stereocenters. The zero-order chi connectivity index (χ0) is 13.7. The van der Waals surface area contributed by atoms with Gasteiger partial charge in [-0.1, -0.05) is 77.9 Å². The molecule has 0 heteroatoms. The molecule has 0 heterocycles. The van der Waals surface area contributed by atoms with Crippen LogP contribution in [0, 0.1) is 13.8 Å². The zero-order valence-corrected chi connectivity index (χ0v) is 11.9. The van der Waals surface area contributed by atoms with Crippen LogP contribution in [0.2, 0.25) is 0 Å². The van der Waals surface area contributed by atoms with Crippen LogP contribution >= 0.6 is 0 Å². The van der Waals surface area contributed by atoms with Crippen molar-refractivity contribution in [3.63, 3.8) is 0 Å². The minimum absolute atomic E-state index is 1.23. The Morgan fingerprint density at radius 1 is 0.789 bits per heavy atom. The number of benzene rings is 2. The molecule has 0 aromatic heterocycles. The Balaban J connectivity index is 2.09. The summed E-state index contributed by atoms with van der Waals surface area (Å²) in [6.45, 7) is 6.36. The summed E-state index contributed by atoms with van der Waals surface area (Å²) in [7, 11) is 0. The van der Waals surface area contributed by atoms with Crippen molar-refractivity contribution in [2.45, 2.75) is 20.8 Å². The van der Waals surface area contributed by atoms with E-state index < -0.39 is 0 Å². The van der Waals surface area contributed by atoms with E-state index in [0.29, 0.717) is 0 Å². The first kappa shape index (κ1) is 13.4. The van der Waals surface area contributed by atoms with Crippen LogP contribution in [0.1, 0.15) is 29.2 Å². The molecule has 0 nitrogen and oxygen atoms in total. The van der Waals surface area contributed by atoms with E-state index >= 15 is 0 Å². The lowest BCUT2D eigenvalue weighted by molar-refractivity contribution is 1.44. The fourth-order valence-corrected chi connectivity index (χ4v) is 1.89. The van der Waals surface area contributed by atoms with Crippen molar-refractivity contribution >= 4 is 11.6 Å². The van der Waals surface area contributed by atoms with Gasteiger partial charge in [0.2, 0.25) is 0 Å². The monoisotopic (exact) mass is 248 g/mol. The molecular weight excluding hydrogens is 228 g/mol. The van der Waals surface area contributed by atoms with E-state index in [0.717, 1.165) is 0 Å².